The SMILES string of the molecule is O=C(CCCNC(=O)C12CC3CC(CC(C3)C1)C2)N1CCC(c2nc3ccccc3s2)CC1. The molecular formula is C27H35N3O2S. The molecule has 4 bridgehead atoms. The molecule has 2 heterocycles. The number of piperidine rings is 1. The number of likely N-dealkylation sites (tertiary alicyclic amines) is 1. The number of hydrogen-bond donors (Lipinski definition) is 1. The monoisotopic (exact) mass is 465 g/mol. The summed E-state index contributed by atoms with van der Waals surface area (Å²) in [6.07, 6.45) is 10.7. The van der Waals surface area contributed by atoms with Gasteiger partial charge in [-0.25, -0.2) is 4.98 Å². The molecule has 4 saturated carbocycles. The van der Waals surface area contributed by atoms with Crippen molar-refractivity contribution in [3.8, 4) is 0 Å². The third kappa shape index (κ3) is 4.20. The summed E-state index contributed by atoms with van der Waals surface area (Å²) < 4.78 is 1.25. The molecule has 2 aromatic rings. The summed E-state index contributed by atoms with van der Waals surface area (Å²) in [6, 6.07) is 8.32. The molecule has 33 heavy (non-hydrogen) atoms. The average Bonchev–Trinajstić information content (AvgIpc) is 3.25. The Morgan fingerprint density at radius 2 is 1.70 bits per heavy atom. The highest BCUT2D eigenvalue weighted by Crippen LogP contribution is 2.60. The fraction of sp³-hybridized carbons (Fsp3) is 0.667. The maximum atomic E-state index is 13.1. The molecule has 5 fully saturated rings. The van der Waals surface area contributed by atoms with E-state index in [1.807, 2.05) is 11.0 Å². The second kappa shape index (κ2) is 8.68. The number of hydrogen-bond acceptors (Lipinski definition) is 4. The molecule has 0 atom stereocenters. The number of amides is 2. The lowest BCUT2D eigenvalue weighted by Gasteiger charge is -2.55. The van der Waals surface area contributed by atoms with Crippen molar-refractivity contribution < 1.29 is 9.59 Å². The van der Waals surface area contributed by atoms with Crippen molar-refractivity contribution in [1.82, 2.24) is 15.2 Å². The highest BCUT2D eigenvalue weighted by molar-refractivity contribution is 7.18. The Morgan fingerprint density at radius 1 is 1.03 bits per heavy atom. The molecule has 2 amide bonds. The smallest absolute Gasteiger partial charge is 0.226 e. The van der Waals surface area contributed by atoms with Crippen molar-refractivity contribution in [1.29, 1.82) is 0 Å². The van der Waals surface area contributed by atoms with Gasteiger partial charge in [-0.15, -0.1) is 11.3 Å². The Labute approximate surface area is 200 Å². The molecule has 7 rings (SSSR count). The van der Waals surface area contributed by atoms with Gasteiger partial charge in [0.05, 0.1) is 15.2 Å². The molecule has 5 nitrogen and oxygen atoms in total. The first-order valence-electron chi connectivity index (χ1n) is 13.0. The summed E-state index contributed by atoms with van der Waals surface area (Å²) in [6.45, 7) is 2.27. The van der Waals surface area contributed by atoms with Crippen LogP contribution in [0, 0.1) is 23.2 Å². The van der Waals surface area contributed by atoms with Crippen molar-refractivity contribution in [3.05, 3.63) is 29.3 Å². The fourth-order valence-corrected chi connectivity index (χ4v) is 8.75. The standard InChI is InChI=1S/C27H35N3O2S/c31-24(30-10-7-21(8-11-30)25-29-22-4-1-2-5-23(22)33-25)6-3-9-28-26(32)27-15-18-12-19(16-27)14-20(13-18)17-27/h1-2,4-5,18-21H,3,6-17H2,(H,28,32). The third-order valence-corrected chi connectivity index (χ3v) is 10.1. The van der Waals surface area contributed by atoms with Crippen molar-refractivity contribution in [2.75, 3.05) is 19.6 Å². The number of para-hydroxylation sites is 1. The minimum absolute atomic E-state index is 0.0821. The van der Waals surface area contributed by atoms with Crippen molar-refractivity contribution in [2.45, 2.75) is 70.1 Å². The second-order valence-electron chi connectivity index (χ2n) is 11.2. The maximum absolute atomic E-state index is 13.1. The quantitative estimate of drug-likeness (QED) is 0.603. The molecule has 5 aliphatic rings. The second-order valence-corrected chi connectivity index (χ2v) is 12.3. The number of aromatic nitrogens is 1. The topological polar surface area (TPSA) is 62.3 Å². The largest absolute Gasteiger partial charge is 0.356 e. The van der Waals surface area contributed by atoms with Crippen LogP contribution in [-0.2, 0) is 9.59 Å². The minimum atomic E-state index is -0.0821. The van der Waals surface area contributed by atoms with E-state index in [0.29, 0.717) is 18.9 Å². The highest BCUT2D eigenvalue weighted by Gasteiger charge is 2.54. The Balaban J connectivity index is 0.942. The van der Waals surface area contributed by atoms with E-state index in [9.17, 15) is 9.59 Å². The van der Waals surface area contributed by atoms with Crippen molar-refractivity contribution >= 4 is 33.4 Å². The summed E-state index contributed by atoms with van der Waals surface area (Å²) in [7, 11) is 0. The zero-order valence-corrected chi connectivity index (χ0v) is 20.2. The van der Waals surface area contributed by atoms with Crippen LogP contribution in [0.15, 0.2) is 24.3 Å². The Morgan fingerprint density at radius 3 is 2.36 bits per heavy atom. The Kier molecular flexibility index (Phi) is 5.68. The summed E-state index contributed by atoms with van der Waals surface area (Å²) in [5, 5.41) is 4.44. The van der Waals surface area contributed by atoms with Crippen LogP contribution in [0.2, 0.25) is 0 Å². The third-order valence-electron chi connectivity index (χ3n) is 8.88. The van der Waals surface area contributed by atoms with Crippen LogP contribution in [0.4, 0.5) is 0 Å². The predicted octanol–water partition coefficient (Wildman–Crippen LogP) is 5.12. The van der Waals surface area contributed by atoms with Crippen LogP contribution < -0.4 is 5.32 Å². The molecule has 1 saturated heterocycles. The average molecular weight is 466 g/mol. The van der Waals surface area contributed by atoms with Gasteiger partial charge in [0.15, 0.2) is 0 Å². The van der Waals surface area contributed by atoms with Gasteiger partial charge in [-0.1, -0.05) is 12.1 Å². The number of carbonyl (C=O) groups is 2. The zero-order chi connectivity index (χ0) is 22.4. The number of thiazole rings is 1. The molecule has 1 aromatic carbocycles. The van der Waals surface area contributed by atoms with Crippen LogP contribution in [0.5, 0.6) is 0 Å². The van der Waals surface area contributed by atoms with Gasteiger partial charge in [0, 0.05) is 37.4 Å². The molecule has 1 N–H and O–H groups in total. The van der Waals surface area contributed by atoms with Gasteiger partial charge in [-0.2, -0.15) is 0 Å². The predicted molar refractivity (Wildman–Crippen MR) is 131 cm³/mol. The first kappa shape index (κ1) is 21.6. The number of benzene rings is 1. The van der Waals surface area contributed by atoms with Crippen LogP contribution in [0.1, 0.15) is 75.1 Å². The summed E-state index contributed by atoms with van der Waals surface area (Å²) in [5.74, 6) is 3.34. The molecule has 1 aliphatic heterocycles. The molecule has 4 aliphatic carbocycles. The first-order valence-corrected chi connectivity index (χ1v) is 13.8. The Bertz CT molecular complexity index is 971. The molecule has 0 unspecified atom stereocenters. The molecular weight excluding hydrogens is 430 g/mol. The van der Waals surface area contributed by atoms with Gasteiger partial charge in [0.1, 0.15) is 0 Å². The van der Waals surface area contributed by atoms with E-state index in [-0.39, 0.29) is 17.2 Å². The van der Waals surface area contributed by atoms with E-state index in [4.69, 9.17) is 4.98 Å². The summed E-state index contributed by atoms with van der Waals surface area (Å²) in [5.41, 5.74) is 1.01. The van der Waals surface area contributed by atoms with Crippen LogP contribution in [0.3, 0.4) is 0 Å². The first-order chi connectivity index (χ1) is 16.1. The molecule has 0 spiro atoms. The van der Waals surface area contributed by atoms with Gasteiger partial charge >= 0.3 is 0 Å². The number of fused-ring (bicyclic) bond motifs is 1. The van der Waals surface area contributed by atoms with Crippen LogP contribution >= 0.6 is 11.3 Å². The van der Waals surface area contributed by atoms with Crippen LogP contribution in [-0.4, -0.2) is 41.3 Å². The van der Waals surface area contributed by atoms with E-state index < -0.39 is 0 Å². The number of nitrogens with one attached hydrogen (secondary N) is 1. The minimum Gasteiger partial charge on any atom is -0.356 e. The van der Waals surface area contributed by atoms with Gasteiger partial charge in [-0.05, 0) is 87.7 Å². The lowest BCUT2D eigenvalue weighted by molar-refractivity contribution is -0.146. The van der Waals surface area contributed by atoms with Crippen molar-refractivity contribution in [2.24, 2.45) is 23.2 Å². The number of nitrogens with zero attached hydrogens (tertiary/aromatic N) is 2. The lowest BCUT2D eigenvalue weighted by atomic mass is 9.49. The summed E-state index contributed by atoms with van der Waals surface area (Å²) in [4.78, 5) is 32.7. The van der Waals surface area contributed by atoms with Crippen LogP contribution in [0.25, 0.3) is 10.2 Å². The molecule has 6 heteroatoms. The van der Waals surface area contributed by atoms with E-state index >= 15 is 0 Å². The van der Waals surface area contributed by atoms with Gasteiger partial charge in [0.2, 0.25) is 11.8 Å². The lowest BCUT2D eigenvalue weighted by Crippen LogP contribution is -2.53. The van der Waals surface area contributed by atoms with E-state index in [1.165, 1.54) is 29.0 Å². The number of carbonyl (C=O) groups excluding carboxylic acids is 2. The van der Waals surface area contributed by atoms with Gasteiger partial charge in [0.25, 0.3) is 0 Å². The normalized spacial score (nSPS) is 31.3. The highest BCUT2D eigenvalue weighted by atomic mass is 32.1. The molecule has 0 radical (unpaired) electrons. The van der Waals surface area contributed by atoms with Gasteiger partial charge < -0.3 is 10.2 Å². The summed E-state index contributed by atoms with van der Waals surface area (Å²) >= 11 is 1.80. The van der Waals surface area contributed by atoms with Gasteiger partial charge in [-0.3, -0.25) is 9.59 Å². The zero-order valence-electron chi connectivity index (χ0n) is 19.4. The number of rotatable bonds is 6. The molecule has 1 aromatic heterocycles. The van der Waals surface area contributed by atoms with E-state index in [0.717, 1.165) is 74.9 Å². The maximum Gasteiger partial charge on any atom is 0.226 e. The van der Waals surface area contributed by atoms with E-state index in [2.05, 4.69) is 23.5 Å². The molecule has 176 valence electrons. The van der Waals surface area contributed by atoms with Crippen molar-refractivity contribution in [3.63, 3.8) is 0 Å². The fourth-order valence-electron chi connectivity index (χ4n) is 7.62. The Hall–Kier alpha value is -1.95. The van der Waals surface area contributed by atoms with E-state index in [1.54, 1.807) is 11.3 Å².